The van der Waals surface area contributed by atoms with Gasteiger partial charge in [0.05, 0.1) is 18.8 Å². The molecule has 1 unspecified atom stereocenters. The van der Waals surface area contributed by atoms with Gasteiger partial charge in [-0.05, 0) is 33.2 Å². The molecule has 2 N–H and O–H groups in total. The average Bonchev–Trinajstić information content (AvgIpc) is 2.15. The first-order valence-corrected chi connectivity index (χ1v) is 5.84. The molecule has 0 saturated carbocycles. The Bertz CT molecular complexity index is 291. The van der Waals surface area contributed by atoms with E-state index < -0.39 is 17.6 Å². The number of piperidine rings is 1. The topological polar surface area (TPSA) is 78.9 Å². The zero-order valence-corrected chi connectivity index (χ0v) is 10.4. The number of imide groups is 1. The summed E-state index contributed by atoms with van der Waals surface area (Å²) in [5, 5.41) is 12.0. The Morgan fingerprint density at radius 1 is 1.53 bits per heavy atom. The highest BCUT2D eigenvalue weighted by Gasteiger charge is 2.29. The second-order valence-corrected chi connectivity index (χ2v) is 4.58. The standard InChI is InChI=1S/C11H20N2O4/c1-3-17-10(15)12-9(14)7-13-6-4-5-11(2,16)8-13/h16H,3-8H2,1-2H3,(H,12,14,15). The van der Waals surface area contributed by atoms with Gasteiger partial charge < -0.3 is 9.84 Å². The second-order valence-electron chi connectivity index (χ2n) is 4.58. The number of carbonyl (C=O) groups is 2. The Balaban J connectivity index is 2.33. The number of likely N-dealkylation sites (tertiary alicyclic amines) is 1. The van der Waals surface area contributed by atoms with Crippen molar-refractivity contribution in [1.82, 2.24) is 10.2 Å². The van der Waals surface area contributed by atoms with Crippen LogP contribution in [0.5, 0.6) is 0 Å². The molecule has 0 bridgehead atoms. The Morgan fingerprint density at radius 3 is 2.82 bits per heavy atom. The number of nitrogens with one attached hydrogen (secondary N) is 1. The first-order valence-electron chi connectivity index (χ1n) is 5.84. The van der Waals surface area contributed by atoms with E-state index in [4.69, 9.17) is 0 Å². The number of ether oxygens (including phenoxy) is 1. The molecule has 0 aromatic rings. The Labute approximate surface area is 101 Å². The van der Waals surface area contributed by atoms with Crippen molar-refractivity contribution >= 4 is 12.0 Å². The van der Waals surface area contributed by atoms with E-state index in [2.05, 4.69) is 10.1 Å². The van der Waals surface area contributed by atoms with E-state index in [9.17, 15) is 14.7 Å². The summed E-state index contributed by atoms with van der Waals surface area (Å²) in [5.74, 6) is -0.402. The van der Waals surface area contributed by atoms with E-state index in [0.717, 1.165) is 19.4 Å². The molecule has 17 heavy (non-hydrogen) atoms. The van der Waals surface area contributed by atoms with Gasteiger partial charge in [-0.25, -0.2) is 4.79 Å². The molecule has 0 radical (unpaired) electrons. The minimum absolute atomic E-state index is 0.106. The fourth-order valence-electron chi connectivity index (χ4n) is 1.98. The molecule has 1 fully saturated rings. The molecule has 2 amide bonds. The van der Waals surface area contributed by atoms with Crippen molar-refractivity contribution in [2.24, 2.45) is 0 Å². The summed E-state index contributed by atoms with van der Waals surface area (Å²) >= 11 is 0. The maximum absolute atomic E-state index is 11.5. The van der Waals surface area contributed by atoms with E-state index in [1.54, 1.807) is 13.8 Å². The number of rotatable bonds is 3. The third-order valence-corrected chi connectivity index (χ3v) is 2.64. The van der Waals surface area contributed by atoms with Crippen molar-refractivity contribution in [3.05, 3.63) is 0 Å². The molecular formula is C11H20N2O4. The van der Waals surface area contributed by atoms with Gasteiger partial charge in [0.25, 0.3) is 0 Å². The maximum Gasteiger partial charge on any atom is 0.413 e. The molecule has 1 heterocycles. The molecule has 0 spiro atoms. The molecule has 1 aliphatic heterocycles. The summed E-state index contributed by atoms with van der Waals surface area (Å²) < 4.78 is 4.60. The van der Waals surface area contributed by atoms with Crippen LogP contribution in [-0.4, -0.2) is 53.8 Å². The molecule has 6 heteroatoms. The SMILES string of the molecule is CCOC(=O)NC(=O)CN1CCCC(C)(O)C1. The first-order chi connectivity index (χ1) is 7.93. The molecule has 98 valence electrons. The van der Waals surface area contributed by atoms with E-state index >= 15 is 0 Å². The number of β-amino-alcohol motifs (C(OH)–C–C–N with tert-alkyl or cyclic N) is 1. The van der Waals surface area contributed by atoms with Crippen molar-refractivity contribution in [2.75, 3.05) is 26.2 Å². The third kappa shape index (κ3) is 5.14. The van der Waals surface area contributed by atoms with Gasteiger partial charge in [-0.1, -0.05) is 0 Å². The normalized spacial score (nSPS) is 25.4. The quantitative estimate of drug-likeness (QED) is 0.736. The van der Waals surface area contributed by atoms with Crippen LogP contribution >= 0.6 is 0 Å². The van der Waals surface area contributed by atoms with Crippen LogP contribution in [0, 0.1) is 0 Å². The fraction of sp³-hybridized carbons (Fsp3) is 0.818. The number of alkyl carbamates (subject to hydrolysis) is 1. The zero-order valence-electron chi connectivity index (χ0n) is 10.4. The highest BCUT2D eigenvalue weighted by molar-refractivity contribution is 5.92. The summed E-state index contributed by atoms with van der Waals surface area (Å²) in [6.45, 7) is 4.97. The number of amides is 2. The molecule has 1 aliphatic rings. The molecule has 1 atom stereocenters. The molecule has 0 aromatic carbocycles. The summed E-state index contributed by atoms with van der Waals surface area (Å²) in [5.41, 5.74) is -0.748. The highest BCUT2D eigenvalue weighted by Crippen LogP contribution is 2.19. The predicted molar refractivity (Wildman–Crippen MR) is 61.5 cm³/mol. The van der Waals surface area contributed by atoms with Gasteiger partial charge in [-0.3, -0.25) is 15.0 Å². The molecular weight excluding hydrogens is 224 g/mol. The number of carbonyl (C=O) groups excluding carboxylic acids is 2. The van der Waals surface area contributed by atoms with E-state index in [0.29, 0.717) is 6.54 Å². The summed E-state index contributed by atoms with van der Waals surface area (Å²) in [6.07, 6.45) is 0.865. The lowest BCUT2D eigenvalue weighted by Crippen LogP contribution is -2.50. The van der Waals surface area contributed by atoms with Crippen LogP contribution in [0.25, 0.3) is 0 Å². The van der Waals surface area contributed by atoms with Gasteiger partial charge in [0.1, 0.15) is 0 Å². The van der Waals surface area contributed by atoms with Crippen LogP contribution in [0.1, 0.15) is 26.7 Å². The number of hydrogen-bond acceptors (Lipinski definition) is 5. The Kier molecular flexibility index (Phi) is 4.89. The minimum atomic E-state index is -0.748. The minimum Gasteiger partial charge on any atom is -0.450 e. The highest BCUT2D eigenvalue weighted by atomic mass is 16.5. The largest absolute Gasteiger partial charge is 0.450 e. The lowest BCUT2D eigenvalue weighted by atomic mass is 9.95. The van der Waals surface area contributed by atoms with Gasteiger partial charge in [-0.2, -0.15) is 0 Å². The summed E-state index contributed by atoms with van der Waals surface area (Å²) in [4.78, 5) is 24.3. The monoisotopic (exact) mass is 244 g/mol. The second kappa shape index (κ2) is 5.97. The van der Waals surface area contributed by atoms with Crippen LogP contribution < -0.4 is 5.32 Å². The van der Waals surface area contributed by atoms with E-state index in [1.807, 2.05) is 4.90 Å². The predicted octanol–water partition coefficient (Wildman–Crippen LogP) is 0.106. The van der Waals surface area contributed by atoms with E-state index in [-0.39, 0.29) is 13.2 Å². The zero-order chi connectivity index (χ0) is 12.9. The lowest BCUT2D eigenvalue weighted by Gasteiger charge is -2.36. The fourth-order valence-corrected chi connectivity index (χ4v) is 1.98. The van der Waals surface area contributed by atoms with Crippen molar-refractivity contribution in [3.63, 3.8) is 0 Å². The van der Waals surface area contributed by atoms with Crippen molar-refractivity contribution < 1.29 is 19.4 Å². The molecule has 1 saturated heterocycles. The third-order valence-electron chi connectivity index (χ3n) is 2.64. The smallest absolute Gasteiger partial charge is 0.413 e. The number of nitrogens with zero attached hydrogens (tertiary/aromatic N) is 1. The lowest BCUT2D eigenvalue weighted by molar-refractivity contribution is -0.123. The molecule has 0 aliphatic carbocycles. The maximum atomic E-state index is 11.5. The van der Waals surface area contributed by atoms with Crippen LogP contribution in [-0.2, 0) is 9.53 Å². The molecule has 6 nitrogen and oxygen atoms in total. The van der Waals surface area contributed by atoms with Gasteiger partial charge in [0.15, 0.2) is 0 Å². The van der Waals surface area contributed by atoms with Crippen molar-refractivity contribution in [2.45, 2.75) is 32.3 Å². The van der Waals surface area contributed by atoms with Crippen LogP contribution in [0.3, 0.4) is 0 Å². The van der Waals surface area contributed by atoms with Crippen molar-refractivity contribution in [1.29, 1.82) is 0 Å². The Hall–Kier alpha value is -1.14. The van der Waals surface area contributed by atoms with E-state index in [1.165, 1.54) is 0 Å². The van der Waals surface area contributed by atoms with Gasteiger partial charge in [0, 0.05) is 6.54 Å². The van der Waals surface area contributed by atoms with Crippen molar-refractivity contribution in [3.8, 4) is 0 Å². The van der Waals surface area contributed by atoms with Gasteiger partial charge >= 0.3 is 6.09 Å². The van der Waals surface area contributed by atoms with Crippen LogP contribution in [0.4, 0.5) is 4.79 Å². The molecule has 1 rings (SSSR count). The first kappa shape index (κ1) is 13.9. The van der Waals surface area contributed by atoms with Gasteiger partial charge in [-0.15, -0.1) is 0 Å². The number of aliphatic hydroxyl groups is 1. The Morgan fingerprint density at radius 2 is 2.24 bits per heavy atom. The van der Waals surface area contributed by atoms with Gasteiger partial charge in [0.2, 0.25) is 5.91 Å². The molecule has 0 aromatic heterocycles. The van der Waals surface area contributed by atoms with Crippen LogP contribution in [0.2, 0.25) is 0 Å². The summed E-state index contributed by atoms with van der Waals surface area (Å²) in [6, 6.07) is 0. The average molecular weight is 244 g/mol. The summed E-state index contributed by atoms with van der Waals surface area (Å²) in [7, 11) is 0. The van der Waals surface area contributed by atoms with Crippen LogP contribution in [0.15, 0.2) is 0 Å². The number of hydrogen-bond donors (Lipinski definition) is 2.